The highest BCUT2D eigenvalue weighted by Crippen LogP contribution is 2.30. The zero-order valence-electron chi connectivity index (χ0n) is 9.49. The topological polar surface area (TPSA) is 49.3 Å². The molecule has 2 atom stereocenters. The molecule has 1 aromatic heterocycles. The lowest BCUT2D eigenvalue weighted by Crippen LogP contribution is -2.31. The molecule has 1 aliphatic rings. The summed E-state index contributed by atoms with van der Waals surface area (Å²) in [5, 5.41) is 14.1. The molecule has 2 unspecified atom stereocenters. The molecule has 1 aromatic rings. The Hall–Kier alpha value is -0.140. The molecule has 5 heteroatoms. The molecule has 0 saturated heterocycles. The lowest BCUT2D eigenvalue weighted by molar-refractivity contribution is 0.0938. The fourth-order valence-electron chi connectivity index (χ4n) is 2.38. The van der Waals surface area contributed by atoms with E-state index >= 15 is 0 Å². The molecule has 0 bridgehead atoms. The zero-order valence-corrected chi connectivity index (χ0v) is 12.5. The quantitative estimate of drug-likeness (QED) is 0.806. The minimum Gasteiger partial charge on any atom is -0.396 e. The second-order valence-electron chi connectivity index (χ2n) is 4.48. The van der Waals surface area contributed by atoms with Gasteiger partial charge in [-0.3, -0.25) is 4.79 Å². The van der Waals surface area contributed by atoms with E-state index in [1.807, 2.05) is 11.4 Å². The first kappa shape index (κ1) is 13.3. The highest BCUT2D eigenvalue weighted by atomic mass is 127. The zero-order chi connectivity index (χ0) is 12.3. The van der Waals surface area contributed by atoms with E-state index in [1.165, 1.54) is 6.42 Å². The van der Waals surface area contributed by atoms with Crippen LogP contribution in [-0.4, -0.2) is 24.2 Å². The third-order valence-electron chi connectivity index (χ3n) is 3.41. The van der Waals surface area contributed by atoms with Gasteiger partial charge in [-0.1, -0.05) is 6.42 Å². The van der Waals surface area contributed by atoms with Gasteiger partial charge in [-0.05, 0) is 53.3 Å². The van der Waals surface area contributed by atoms with Gasteiger partial charge in [0.1, 0.15) is 0 Å². The molecule has 1 saturated carbocycles. The summed E-state index contributed by atoms with van der Waals surface area (Å²) >= 11 is 3.80. The molecule has 2 rings (SSSR count). The maximum absolute atomic E-state index is 11.8. The van der Waals surface area contributed by atoms with Crippen LogP contribution in [0.15, 0.2) is 11.4 Å². The Labute approximate surface area is 119 Å². The Morgan fingerprint density at radius 2 is 2.29 bits per heavy atom. The number of carbonyl (C=O) groups is 1. The molecule has 94 valence electrons. The van der Waals surface area contributed by atoms with E-state index < -0.39 is 0 Å². The average Bonchev–Trinajstić information content (AvgIpc) is 2.94. The molecule has 2 N–H and O–H groups in total. The molecule has 1 aliphatic carbocycles. The summed E-state index contributed by atoms with van der Waals surface area (Å²) in [4.78, 5) is 11.8. The number of thiophene rings is 1. The summed E-state index contributed by atoms with van der Waals surface area (Å²) in [6, 6.07) is 1.90. The van der Waals surface area contributed by atoms with Gasteiger partial charge in [0.2, 0.25) is 0 Å². The minimum atomic E-state index is 0.00718. The van der Waals surface area contributed by atoms with Gasteiger partial charge < -0.3 is 10.4 Å². The van der Waals surface area contributed by atoms with Gasteiger partial charge in [0.25, 0.3) is 5.91 Å². The molecule has 0 radical (unpaired) electrons. The van der Waals surface area contributed by atoms with Crippen LogP contribution in [0.3, 0.4) is 0 Å². The number of amides is 1. The first-order valence-corrected chi connectivity index (χ1v) is 7.79. The predicted molar refractivity (Wildman–Crippen MR) is 77.3 cm³/mol. The summed E-state index contributed by atoms with van der Waals surface area (Å²) < 4.78 is 1.13. The van der Waals surface area contributed by atoms with E-state index in [4.69, 9.17) is 0 Å². The van der Waals surface area contributed by atoms with Gasteiger partial charge in [0.15, 0.2) is 0 Å². The van der Waals surface area contributed by atoms with Gasteiger partial charge in [-0.15, -0.1) is 11.3 Å². The van der Waals surface area contributed by atoms with Crippen molar-refractivity contribution in [3.05, 3.63) is 19.9 Å². The highest BCUT2D eigenvalue weighted by molar-refractivity contribution is 14.1. The summed E-state index contributed by atoms with van der Waals surface area (Å²) in [6.07, 6.45) is 3.38. The number of nitrogens with one attached hydrogen (secondary N) is 1. The fourth-order valence-corrected chi connectivity index (χ4v) is 3.70. The summed E-state index contributed by atoms with van der Waals surface area (Å²) in [6.45, 7) is 0.938. The van der Waals surface area contributed by atoms with Crippen molar-refractivity contribution in [3.8, 4) is 0 Å². The number of carbonyl (C=O) groups excluding carboxylic acids is 1. The van der Waals surface area contributed by atoms with Crippen LogP contribution in [0.25, 0.3) is 0 Å². The lowest BCUT2D eigenvalue weighted by Gasteiger charge is -2.17. The SMILES string of the molecule is O=C(NCC1CCCC1CO)c1csc(I)c1. The van der Waals surface area contributed by atoms with Crippen molar-refractivity contribution in [2.75, 3.05) is 13.2 Å². The lowest BCUT2D eigenvalue weighted by atomic mass is 9.97. The van der Waals surface area contributed by atoms with Crippen LogP contribution in [-0.2, 0) is 0 Å². The first-order valence-electron chi connectivity index (χ1n) is 5.84. The third kappa shape index (κ3) is 3.42. The van der Waals surface area contributed by atoms with Crippen LogP contribution >= 0.6 is 33.9 Å². The van der Waals surface area contributed by atoms with Crippen LogP contribution in [0.1, 0.15) is 29.6 Å². The smallest absolute Gasteiger partial charge is 0.252 e. The van der Waals surface area contributed by atoms with Crippen LogP contribution < -0.4 is 5.32 Å². The molecule has 0 aliphatic heterocycles. The van der Waals surface area contributed by atoms with Crippen LogP contribution in [0.5, 0.6) is 0 Å². The van der Waals surface area contributed by atoms with Crippen molar-refractivity contribution in [2.24, 2.45) is 11.8 Å². The van der Waals surface area contributed by atoms with Crippen molar-refractivity contribution in [3.63, 3.8) is 0 Å². The van der Waals surface area contributed by atoms with Crippen LogP contribution in [0.2, 0.25) is 0 Å². The van der Waals surface area contributed by atoms with Gasteiger partial charge >= 0.3 is 0 Å². The third-order valence-corrected chi connectivity index (χ3v) is 5.19. The Bertz CT molecular complexity index is 394. The van der Waals surface area contributed by atoms with E-state index in [2.05, 4.69) is 27.9 Å². The molecular formula is C12H16INO2S. The van der Waals surface area contributed by atoms with E-state index in [9.17, 15) is 9.90 Å². The van der Waals surface area contributed by atoms with Crippen molar-refractivity contribution in [1.82, 2.24) is 5.32 Å². The Kier molecular flexibility index (Phi) is 4.81. The molecule has 1 amide bonds. The normalized spacial score (nSPS) is 23.9. The van der Waals surface area contributed by atoms with Gasteiger partial charge in [0, 0.05) is 18.5 Å². The minimum absolute atomic E-state index is 0.00718. The number of halogens is 1. The largest absolute Gasteiger partial charge is 0.396 e. The number of aliphatic hydroxyl groups is 1. The number of rotatable bonds is 4. The Morgan fingerprint density at radius 1 is 1.53 bits per heavy atom. The summed E-state index contributed by atoms with van der Waals surface area (Å²) in [5.74, 6) is 0.826. The van der Waals surface area contributed by atoms with Gasteiger partial charge in [-0.25, -0.2) is 0 Å². The number of aliphatic hydroxyl groups excluding tert-OH is 1. The maximum atomic E-state index is 11.8. The maximum Gasteiger partial charge on any atom is 0.252 e. The molecule has 1 fully saturated rings. The van der Waals surface area contributed by atoms with Crippen molar-refractivity contribution in [2.45, 2.75) is 19.3 Å². The Morgan fingerprint density at radius 3 is 2.94 bits per heavy atom. The summed E-state index contributed by atoms with van der Waals surface area (Å²) in [5.41, 5.74) is 0.748. The van der Waals surface area contributed by atoms with Crippen molar-refractivity contribution >= 4 is 39.8 Å². The van der Waals surface area contributed by atoms with E-state index in [0.717, 1.165) is 21.3 Å². The highest BCUT2D eigenvalue weighted by Gasteiger charge is 2.26. The molecule has 0 aromatic carbocycles. The average molecular weight is 365 g/mol. The monoisotopic (exact) mass is 365 g/mol. The second kappa shape index (κ2) is 6.15. The van der Waals surface area contributed by atoms with Gasteiger partial charge in [0.05, 0.1) is 8.45 Å². The standard InChI is InChI=1S/C12H16INO2S/c13-11-4-10(7-17-11)12(16)14-5-8-2-1-3-9(8)6-15/h4,7-9,15H,1-3,5-6H2,(H,14,16). The van der Waals surface area contributed by atoms with E-state index in [1.54, 1.807) is 11.3 Å². The fraction of sp³-hybridized carbons (Fsp3) is 0.583. The molecule has 3 nitrogen and oxygen atoms in total. The van der Waals surface area contributed by atoms with Crippen LogP contribution in [0.4, 0.5) is 0 Å². The summed E-state index contributed by atoms with van der Waals surface area (Å²) in [7, 11) is 0. The van der Waals surface area contributed by atoms with E-state index in [-0.39, 0.29) is 12.5 Å². The van der Waals surface area contributed by atoms with E-state index in [0.29, 0.717) is 18.4 Å². The van der Waals surface area contributed by atoms with Crippen molar-refractivity contribution in [1.29, 1.82) is 0 Å². The molecule has 1 heterocycles. The molecular weight excluding hydrogens is 349 g/mol. The first-order chi connectivity index (χ1) is 8.20. The Balaban J connectivity index is 1.84. The van der Waals surface area contributed by atoms with Gasteiger partial charge in [-0.2, -0.15) is 0 Å². The number of hydrogen-bond acceptors (Lipinski definition) is 3. The van der Waals surface area contributed by atoms with Crippen molar-refractivity contribution < 1.29 is 9.90 Å². The molecule has 0 spiro atoms. The van der Waals surface area contributed by atoms with Crippen LogP contribution in [0, 0.1) is 14.7 Å². The predicted octanol–water partition coefficient (Wildman–Crippen LogP) is 2.49. The number of hydrogen-bond donors (Lipinski definition) is 2. The molecule has 17 heavy (non-hydrogen) atoms. The second-order valence-corrected chi connectivity index (χ2v) is 7.29.